The molecule has 0 aromatic heterocycles. The monoisotopic (exact) mass is 192 g/mol. The average molecular weight is 192 g/mol. The first-order valence-electron chi connectivity index (χ1n) is 4.49. The van der Waals surface area contributed by atoms with E-state index in [0.29, 0.717) is 6.79 Å². The second kappa shape index (κ2) is 3.72. The zero-order valence-electron chi connectivity index (χ0n) is 7.99. The van der Waals surface area contributed by atoms with E-state index in [0.717, 1.165) is 22.6 Å². The Morgan fingerprint density at radius 3 is 3.00 bits per heavy atom. The number of fused-ring (bicyclic) bond motifs is 1. The Labute approximate surface area is 82.6 Å². The van der Waals surface area contributed by atoms with Crippen molar-refractivity contribution in [3.63, 3.8) is 0 Å². The van der Waals surface area contributed by atoms with Crippen molar-refractivity contribution < 1.29 is 14.6 Å². The van der Waals surface area contributed by atoms with Crippen molar-refractivity contribution >= 4 is 5.57 Å². The Morgan fingerprint density at radius 2 is 2.21 bits per heavy atom. The molecule has 14 heavy (non-hydrogen) atoms. The molecule has 3 nitrogen and oxygen atoms in total. The van der Waals surface area contributed by atoms with Gasteiger partial charge >= 0.3 is 0 Å². The van der Waals surface area contributed by atoms with Crippen LogP contribution >= 0.6 is 0 Å². The van der Waals surface area contributed by atoms with Gasteiger partial charge in [0, 0.05) is 0 Å². The molecule has 2 rings (SSSR count). The number of ether oxygens (including phenoxy) is 2. The van der Waals surface area contributed by atoms with E-state index < -0.39 is 0 Å². The summed E-state index contributed by atoms with van der Waals surface area (Å²) in [5.74, 6) is 1.55. The van der Waals surface area contributed by atoms with E-state index in [1.807, 2.05) is 25.1 Å². The molecule has 0 saturated heterocycles. The van der Waals surface area contributed by atoms with Crippen LogP contribution in [0.5, 0.6) is 11.5 Å². The molecule has 1 heterocycles. The van der Waals surface area contributed by atoms with Crippen molar-refractivity contribution in [2.75, 3.05) is 13.4 Å². The van der Waals surface area contributed by atoms with Gasteiger partial charge in [-0.05, 0) is 30.2 Å². The minimum Gasteiger partial charge on any atom is -0.454 e. The van der Waals surface area contributed by atoms with Crippen molar-refractivity contribution in [2.24, 2.45) is 0 Å². The van der Waals surface area contributed by atoms with Gasteiger partial charge in [0.2, 0.25) is 6.79 Å². The van der Waals surface area contributed by atoms with E-state index in [1.165, 1.54) is 0 Å². The maximum absolute atomic E-state index is 8.76. The SMILES string of the molecule is C/C(=C\CO)c1ccc2c(c1)OCO2. The molecule has 1 N–H and O–H groups in total. The number of allylic oxidation sites excluding steroid dienone is 1. The summed E-state index contributed by atoms with van der Waals surface area (Å²) in [6.45, 7) is 2.30. The molecule has 1 aliphatic rings. The Balaban J connectivity index is 2.33. The molecule has 0 saturated carbocycles. The van der Waals surface area contributed by atoms with Crippen LogP contribution in [0, 0.1) is 0 Å². The predicted octanol–water partition coefficient (Wildman–Crippen LogP) is 1.81. The number of aliphatic hydroxyl groups excluding tert-OH is 1. The van der Waals surface area contributed by atoms with Gasteiger partial charge in [-0.3, -0.25) is 0 Å². The minimum atomic E-state index is 0.0558. The van der Waals surface area contributed by atoms with E-state index in [1.54, 1.807) is 6.08 Å². The minimum absolute atomic E-state index is 0.0558. The summed E-state index contributed by atoms with van der Waals surface area (Å²) in [5.41, 5.74) is 2.08. The fraction of sp³-hybridized carbons (Fsp3) is 0.273. The Bertz CT molecular complexity index is 369. The van der Waals surface area contributed by atoms with Crippen molar-refractivity contribution in [1.82, 2.24) is 0 Å². The van der Waals surface area contributed by atoms with Gasteiger partial charge in [0.25, 0.3) is 0 Å². The topological polar surface area (TPSA) is 38.7 Å². The summed E-state index contributed by atoms with van der Waals surface area (Å²) < 4.78 is 10.5. The molecular formula is C11H12O3. The molecule has 0 bridgehead atoms. The van der Waals surface area contributed by atoms with E-state index in [2.05, 4.69) is 0 Å². The van der Waals surface area contributed by atoms with Gasteiger partial charge in [0.15, 0.2) is 11.5 Å². The quantitative estimate of drug-likeness (QED) is 0.776. The normalized spacial score (nSPS) is 14.6. The fourth-order valence-electron chi connectivity index (χ4n) is 1.40. The third-order valence-corrected chi connectivity index (χ3v) is 2.23. The zero-order valence-corrected chi connectivity index (χ0v) is 7.99. The molecule has 0 radical (unpaired) electrons. The number of hydrogen-bond acceptors (Lipinski definition) is 3. The standard InChI is InChI=1S/C11H12O3/c1-8(4-5-12)9-2-3-10-11(6-9)14-7-13-10/h2-4,6,12H,5,7H2,1H3/b8-4+. The highest BCUT2D eigenvalue weighted by Crippen LogP contribution is 2.34. The highest BCUT2D eigenvalue weighted by atomic mass is 16.7. The molecule has 1 aromatic carbocycles. The lowest BCUT2D eigenvalue weighted by atomic mass is 10.1. The average Bonchev–Trinajstić information content (AvgIpc) is 2.64. The van der Waals surface area contributed by atoms with Crippen LogP contribution in [-0.4, -0.2) is 18.5 Å². The summed E-state index contributed by atoms with van der Waals surface area (Å²) >= 11 is 0. The fourth-order valence-corrected chi connectivity index (χ4v) is 1.40. The smallest absolute Gasteiger partial charge is 0.231 e. The molecule has 1 aromatic rings. The summed E-state index contributed by atoms with van der Waals surface area (Å²) in [7, 11) is 0. The van der Waals surface area contributed by atoms with Crippen LogP contribution in [0.25, 0.3) is 5.57 Å². The number of aliphatic hydroxyl groups is 1. The van der Waals surface area contributed by atoms with Crippen LogP contribution in [0.15, 0.2) is 24.3 Å². The maximum Gasteiger partial charge on any atom is 0.231 e. The van der Waals surface area contributed by atoms with E-state index in [9.17, 15) is 0 Å². The Hall–Kier alpha value is -1.48. The third-order valence-electron chi connectivity index (χ3n) is 2.23. The second-order valence-electron chi connectivity index (χ2n) is 3.14. The van der Waals surface area contributed by atoms with E-state index in [-0.39, 0.29) is 6.61 Å². The van der Waals surface area contributed by atoms with E-state index >= 15 is 0 Å². The predicted molar refractivity (Wildman–Crippen MR) is 53.3 cm³/mol. The molecule has 0 unspecified atom stereocenters. The van der Waals surface area contributed by atoms with Gasteiger partial charge in [-0.25, -0.2) is 0 Å². The van der Waals surface area contributed by atoms with Gasteiger partial charge < -0.3 is 14.6 Å². The third kappa shape index (κ3) is 1.59. The van der Waals surface area contributed by atoms with Gasteiger partial charge in [0.1, 0.15) is 0 Å². The highest BCUT2D eigenvalue weighted by Gasteiger charge is 2.13. The molecule has 74 valence electrons. The second-order valence-corrected chi connectivity index (χ2v) is 3.14. The van der Waals surface area contributed by atoms with Crippen LogP contribution in [-0.2, 0) is 0 Å². The maximum atomic E-state index is 8.76. The molecule has 0 aliphatic carbocycles. The van der Waals surface area contributed by atoms with Crippen molar-refractivity contribution in [3.05, 3.63) is 29.8 Å². The van der Waals surface area contributed by atoms with Crippen LogP contribution < -0.4 is 9.47 Å². The summed E-state index contributed by atoms with van der Waals surface area (Å²) in [6, 6.07) is 5.76. The molecule has 0 fully saturated rings. The largest absolute Gasteiger partial charge is 0.454 e. The molecule has 0 atom stereocenters. The van der Waals surface area contributed by atoms with Crippen LogP contribution in [0.1, 0.15) is 12.5 Å². The Morgan fingerprint density at radius 1 is 1.43 bits per heavy atom. The molecule has 1 aliphatic heterocycles. The van der Waals surface area contributed by atoms with Gasteiger partial charge in [-0.1, -0.05) is 12.1 Å². The first kappa shape index (κ1) is 9.09. The first-order valence-corrected chi connectivity index (χ1v) is 4.49. The number of rotatable bonds is 2. The molecule has 3 heteroatoms. The van der Waals surface area contributed by atoms with Crippen LogP contribution in [0.2, 0.25) is 0 Å². The van der Waals surface area contributed by atoms with Crippen molar-refractivity contribution in [1.29, 1.82) is 0 Å². The van der Waals surface area contributed by atoms with Gasteiger partial charge in [0.05, 0.1) is 6.61 Å². The highest BCUT2D eigenvalue weighted by molar-refractivity contribution is 5.66. The van der Waals surface area contributed by atoms with Crippen molar-refractivity contribution in [3.8, 4) is 11.5 Å². The van der Waals surface area contributed by atoms with Crippen molar-refractivity contribution in [2.45, 2.75) is 6.92 Å². The Kier molecular flexibility index (Phi) is 2.41. The molecule has 0 amide bonds. The lowest BCUT2D eigenvalue weighted by Gasteiger charge is -2.02. The first-order chi connectivity index (χ1) is 6.81. The van der Waals surface area contributed by atoms with Gasteiger partial charge in [-0.2, -0.15) is 0 Å². The number of benzene rings is 1. The summed E-state index contributed by atoms with van der Waals surface area (Å²) in [6.07, 6.45) is 1.76. The number of hydrogen-bond donors (Lipinski definition) is 1. The van der Waals surface area contributed by atoms with Crippen LogP contribution in [0.4, 0.5) is 0 Å². The summed E-state index contributed by atoms with van der Waals surface area (Å²) in [5, 5.41) is 8.76. The van der Waals surface area contributed by atoms with Crippen LogP contribution in [0.3, 0.4) is 0 Å². The van der Waals surface area contributed by atoms with E-state index in [4.69, 9.17) is 14.6 Å². The lowest BCUT2D eigenvalue weighted by molar-refractivity contribution is 0.174. The zero-order chi connectivity index (χ0) is 9.97. The summed E-state index contributed by atoms with van der Waals surface area (Å²) in [4.78, 5) is 0. The molecular weight excluding hydrogens is 180 g/mol. The lowest BCUT2D eigenvalue weighted by Crippen LogP contribution is -1.92. The van der Waals surface area contributed by atoms with Gasteiger partial charge in [-0.15, -0.1) is 0 Å². The molecule has 0 spiro atoms.